The molecule has 1 fully saturated rings. The van der Waals surface area contributed by atoms with E-state index in [2.05, 4.69) is 0 Å². The van der Waals surface area contributed by atoms with Crippen LogP contribution in [0.25, 0.3) is 5.76 Å². The zero-order chi connectivity index (χ0) is 19.7. The van der Waals surface area contributed by atoms with Crippen LogP contribution < -0.4 is 4.74 Å². The maximum Gasteiger partial charge on any atom is 0.296 e. The molecule has 28 heavy (non-hydrogen) atoms. The van der Waals surface area contributed by atoms with Crippen LogP contribution in [-0.4, -0.2) is 28.8 Å². The number of Topliss-reactive ketones (excluding diaryl/α,β-unsaturated/α-hetero) is 1. The van der Waals surface area contributed by atoms with Gasteiger partial charge in [-0.15, -0.1) is 0 Å². The maximum absolute atomic E-state index is 12.8. The summed E-state index contributed by atoms with van der Waals surface area (Å²) in [6.45, 7) is 0.0718. The molecular weight excluding hydrogens is 362 g/mol. The highest BCUT2D eigenvalue weighted by Gasteiger charge is 2.47. The Morgan fingerprint density at radius 3 is 2.39 bits per heavy atom. The molecule has 1 aliphatic heterocycles. The summed E-state index contributed by atoms with van der Waals surface area (Å²) in [5, 5.41) is 10.9. The van der Waals surface area contributed by atoms with Gasteiger partial charge in [-0.05, 0) is 48.5 Å². The molecule has 1 aromatic carbocycles. The second kappa shape index (κ2) is 7.11. The Bertz CT molecular complexity index is 1020. The number of rotatable bonds is 5. The summed E-state index contributed by atoms with van der Waals surface area (Å²) < 4.78 is 15.9. The molecule has 7 nitrogen and oxygen atoms in total. The Labute approximate surface area is 160 Å². The number of amides is 1. The average molecular weight is 379 g/mol. The van der Waals surface area contributed by atoms with Crippen molar-refractivity contribution in [2.75, 3.05) is 7.11 Å². The summed E-state index contributed by atoms with van der Waals surface area (Å²) in [4.78, 5) is 26.8. The van der Waals surface area contributed by atoms with E-state index in [4.69, 9.17) is 13.6 Å². The third-order valence-electron chi connectivity index (χ3n) is 4.62. The van der Waals surface area contributed by atoms with Crippen LogP contribution in [0, 0.1) is 0 Å². The van der Waals surface area contributed by atoms with Gasteiger partial charge in [0.1, 0.15) is 29.1 Å². The monoisotopic (exact) mass is 379 g/mol. The smallest absolute Gasteiger partial charge is 0.296 e. The first kappa shape index (κ1) is 17.7. The van der Waals surface area contributed by atoms with Gasteiger partial charge in [0, 0.05) is 5.56 Å². The minimum absolute atomic E-state index is 0.0309. The van der Waals surface area contributed by atoms with E-state index in [1.807, 2.05) is 0 Å². The number of aliphatic hydroxyl groups is 1. The predicted octanol–water partition coefficient (Wildman–Crippen LogP) is 3.50. The Morgan fingerprint density at radius 2 is 1.79 bits per heavy atom. The van der Waals surface area contributed by atoms with Crippen molar-refractivity contribution >= 4 is 17.4 Å². The van der Waals surface area contributed by atoms with Crippen LogP contribution in [0.15, 0.2) is 75.5 Å². The predicted molar refractivity (Wildman–Crippen MR) is 98.3 cm³/mol. The normalized spacial score (nSPS) is 18.6. The van der Waals surface area contributed by atoms with E-state index >= 15 is 0 Å². The molecule has 1 saturated heterocycles. The Kier molecular flexibility index (Phi) is 4.49. The summed E-state index contributed by atoms with van der Waals surface area (Å²) in [7, 11) is 1.53. The first-order valence-electron chi connectivity index (χ1n) is 8.58. The fourth-order valence-electron chi connectivity index (χ4n) is 3.26. The van der Waals surface area contributed by atoms with Crippen LogP contribution in [0.5, 0.6) is 5.75 Å². The van der Waals surface area contributed by atoms with E-state index in [-0.39, 0.29) is 17.9 Å². The number of nitrogens with zero attached hydrogens (tertiary/aromatic N) is 1. The molecule has 0 aliphatic carbocycles. The summed E-state index contributed by atoms with van der Waals surface area (Å²) in [6.07, 6.45) is 2.95. The summed E-state index contributed by atoms with van der Waals surface area (Å²) in [6, 6.07) is 12.4. The van der Waals surface area contributed by atoms with Gasteiger partial charge in [0.05, 0.1) is 31.8 Å². The van der Waals surface area contributed by atoms with Crippen molar-refractivity contribution in [3.63, 3.8) is 0 Å². The fourth-order valence-corrected chi connectivity index (χ4v) is 3.26. The number of ketones is 1. The molecule has 0 saturated carbocycles. The lowest BCUT2D eigenvalue weighted by atomic mass is 9.99. The molecular formula is C21H17NO6. The number of benzene rings is 1. The van der Waals surface area contributed by atoms with Crippen molar-refractivity contribution in [1.82, 2.24) is 4.90 Å². The number of aliphatic hydroxyl groups excluding tert-OH is 1. The van der Waals surface area contributed by atoms with E-state index in [1.54, 1.807) is 48.5 Å². The number of hydrogen-bond acceptors (Lipinski definition) is 6. The second-order valence-electron chi connectivity index (χ2n) is 6.25. The minimum atomic E-state index is -0.859. The van der Waals surface area contributed by atoms with Gasteiger partial charge in [0.15, 0.2) is 0 Å². The highest BCUT2D eigenvalue weighted by Crippen LogP contribution is 2.40. The van der Waals surface area contributed by atoms with Crippen LogP contribution in [0.1, 0.15) is 23.1 Å². The topological polar surface area (TPSA) is 93.1 Å². The molecule has 0 bridgehead atoms. The third kappa shape index (κ3) is 2.96. The van der Waals surface area contributed by atoms with Crippen molar-refractivity contribution in [3.05, 3.63) is 83.7 Å². The molecule has 1 aliphatic rings. The van der Waals surface area contributed by atoms with Gasteiger partial charge >= 0.3 is 0 Å². The molecule has 2 aromatic heterocycles. The Balaban J connectivity index is 1.81. The zero-order valence-corrected chi connectivity index (χ0v) is 15.0. The molecule has 0 radical (unpaired) electrons. The van der Waals surface area contributed by atoms with Crippen LogP contribution in [0.2, 0.25) is 0 Å². The summed E-state index contributed by atoms with van der Waals surface area (Å²) in [5.41, 5.74) is 0.366. The van der Waals surface area contributed by atoms with Crippen molar-refractivity contribution < 1.29 is 28.3 Å². The van der Waals surface area contributed by atoms with Crippen LogP contribution in [-0.2, 0) is 16.1 Å². The maximum atomic E-state index is 12.8. The van der Waals surface area contributed by atoms with Crippen LogP contribution in [0.4, 0.5) is 0 Å². The average Bonchev–Trinajstić information content (AvgIpc) is 3.46. The van der Waals surface area contributed by atoms with Crippen molar-refractivity contribution in [2.45, 2.75) is 12.6 Å². The number of carbonyl (C=O) groups excluding carboxylic acids is 2. The van der Waals surface area contributed by atoms with Gasteiger partial charge in [0.25, 0.3) is 11.7 Å². The Hall–Kier alpha value is -3.74. The van der Waals surface area contributed by atoms with E-state index < -0.39 is 17.7 Å². The third-order valence-corrected chi connectivity index (χ3v) is 4.62. The lowest BCUT2D eigenvalue weighted by Gasteiger charge is -2.22. The van der Waals surface area contributed by atoms with Crippen LogP contribution >= 0.6 is 0 Å². The van der Waals surface area contributed by atoms with E-state index in [0.717, 1.165) is 0 Å². The number of ether oxygens (including phenoxy) is 1. The quantitative estimate of drug-likeness (QED) is 0.414. The van der Waals surface area contributed by atoms with Crippen molar-refractivity contribution in [2.24, 2.45) is 0 Å². The highest BCUT2D eigenvalue weighted by molar-refractivity contribution is 6.46. The van der Waals surface area contributed by atoms with E-state index in [9.17, 15) is 14.7 Å². The fraction of sp³-hybridized carbons (Fsp3) is 0.143. The largest absolute Gasteiger partial charge is 0.507 e. The molecule has 7 heteroatoms. The van der Waals surface area contributed by atoms with Crippen molar-refractivity contribution in [1.29, 1.82) is 0 Å². The second-order valence-corrected chi connectivity index (χ2v) is 6.25. The number of likely N-dealkylation sites (tertiary alicyclic amines) is 1. The molecule has 4 rings (SSSR count). The minimum Gasteiger partial charge on any atom is -0.507 e. The molecule has 3 aromatic rings. The number of methoxy groups -OCH3 is 1. The van der Waals surface area contributed by atoms with Gasteiger partial charge in [-0.3, -0.25) is 9.59 Å². The molecule has 1 N–H and O–H groups in total. The zero-order valence-electron chi connectivity index (χ0n) is 15.0. The van der Waals surface area contributed by atoms with Gasteiger partial charge in [-0.2, -0.15) is 0 Å². The number of carbonyl (C=O) groups is 2. The standard InChI is InChI=1S/C21H17NO6/c1-26-14-8-6-13(7-9-14)19(23)17-18(16-5-3-11-28-16)22(21(25)20(17)24)12-15-4-2-10-27-15/h2-11,18,23H,12H2,1H3/b19-17-. The molecule has 0 spiro atoms. The van der Waals surface area contributed by atoms with E-state index in [0.29, 0.717) is 22.8 Å². The summed E-state index contributed by atoms with van der Waals surface area (Å²) in [5.74, 6) is -0.278. The molecule has 1 unspecified atom stereocenters. The van der Waals surface area contributed by atoms with E-state index in [1.165, 1.54) is 24.5 Å². The van der Waals surface area contributed by atoms with Crippen LogP contribution in [0.3, 0.4) is 0 Å². The molecule has 1 atom stereocenters. The first-order chi connectivity index (χ1) is 13.6. The van der Waals surface area contributed by atoms with Gasteiger partial charge < -0.3 is 23.6 Å². The van der Waals surface area contributed by atoms with Gasteiger partial charge in [-0.1, -0.05) is 0 Å². The summed E-state index contributed by atoms with van der Waals surface area (Å²) >= 11 is 0. The molecule has 3 heterocycles. The first-order valence-corrected chi connectivity index (χ1v) is 8.58. The van der Waals surface area contributed by atoms with Gasteiger partial charge in [0.2, 0.25) is 0 Å². The lowest BCUT2D eigenvalue weighted by Crippen LogP contribution is -2.28. The Morgan fingerprint density at radius 1 is 1.07 bits per heavy atom. The number of hydrogen-bond donors (Lipinski definition) is 1. The lowest BCUT2D eigenvalue weighted by molar-refractivity contribution is -0.140. The SMILES string of the molecule is COc1ccc(/C(O)=C2/C(=O)C(=O)N(Cc3ccco3)C2c2ccco2)cc1. The molecule has 142 valence electrons. The van der Waals surface area contributed by atoms with Gasteiger partial charge in [-0.25, -0.2) is 0 Å². The molecule has 1 amide bonds. The van der Waals surface area contributed by atoms with Crippen molar-refractivity contribution in [3.8, 4) is 5.75 Å². The number of furan rings is 2. The highest BCUT2D eigenvalue weighted by atomic mass is 16.5.